The molecule has 3 rings (SSSR count). The minimum absolute atomic E-state index is 0. The van der Waals surface area contributed by atoms with E-state index in [1.54, 1.807) is 18.9 Å². The van der Waals surface area contributed by atoms with E-state index >= 15 is 0 Å². The zero-order chi connectivity index (χ0) is 18.4. The van der Waals surface area contributed by atoms with Gasteiger partial charge in [-0.1, -0.05) is 11.3 Å². The Labute approximate surface area is 174 Å². The van der Waals surface area contributed by atoms with Crippen LogP contribution in [0.1, 0.15) is 5.69 Å². The molecule has 0 aliphatic carbocycles. The number of rotatable bonds is 6. The molecule has 0 saturated carbocycles. The molecule has 27 heavy (non-hydrogen) atoms. The second-order valence-electron chi connectivity index (χ2n) is 5.41. The summed E-state index contributed by atoms with van der Waals surface area (Å²) in [6, 6.07) is 15.0. The van der Waals surface area contributed by atoms with Crippen LogP contribution in [0, 0.1) is 0 Å². The summed E-state index contributed by atoms with van der Waals surface area (Å²) >= 11 is 0. The van der Waals surface area contributed by atoms with Gasteiger partial charge in [0.05, 0.1) is 32.6 Å². The zero-order valence-electron chi connectivity index (χ0n) is 15.0. The molecular formula is C18H21IN6O2. The van der Waals surface area contributed by atoms with Crippen LogP contribution in [0.2, 0.25) is 0 Å². The van der Waals surface area contributed by atoms with Crippen molar-refractivity contribution in [1.82, 2.24) is 15.0 Å². The van der Waals surface area contributed by atoms with Gasteiger partial charge in [0.2, 0.25) is 0 Å². The lowest BCUT2D eigenvalue weighted by molar-refractivity contribution is 0.414. The van der Waals surface area contributed by atoms with E-state index in [0.29, 0.717) is 12.2 Å². The first-order valence-corrected chi connectivity index (χ1v) is 7.94. The number of nitrogens with two attached hydrogens (primary N) is 1. The Balaban J connectivity index is 0.00000261. The highest BCUT2D eigenvalue weighted by atomic mass is 127. The van der Waals surface area contributed by atoms with E-state index in [0.717, 1.165) is 22.9 Å². The molecule has 0 saturated heterocycles. The van der Waals surface area contributed by atoms with Gasteiger partial charge in [0.1, 0.15) is 17.2 Å². The molecule has 1 aromatic heterocycles. The largest absolute Gasteiger partial charge is 0.497 e. The zero-order valence-corrected chi connectivity index (χ0v) is 17.3. The number of aromatic nitrogens is 3. The molecule has 3 N–H and O–H groups in total. The van der Waals surface area contributed by atoms with Crippen molar-refractivity contribution in [2.24, 2.45) is 10.7 Å². The molecule has 0 unspecified atom stereocenters. The summed E-state index contributed by atoms with van der Waals surface area (Å²) in [5.74, 6) is 1.82. The van der Waals surface area contributed by atoms with Gasteiger partial charge in [-0.05, 0) is 36.4 Å². The number of methoxy groups -OCH3 is 2. The Kier molecular flexibility index (Phi) is 7.41. The van der Waals surface area contributed by atoms with Crippen molar-refractivity contribution in [3.05, 3.63) is 60.4 Å². The monoisotopic (exact) mass is 480 g/mol. The fraction of sp³-hybridized carbons (Fsp3) is 0.167. The number of anilines is 1. The highest BCUT2D eigenvalue weighted by Gasteiger charge is 2.04. The molecule has 0 radical (unpaired) electrons. The van der Waals surface area contributed by atoms with Crippen LogP contribution in [0.25, 0.3) is 5.69 Å². The first kappa shape index (κ1) is 20.5. The average molecular weight is 480 g/mol. The molecule has 2 aromatic carbocycles. The highest BCUT2D eigenvalue weighted by Crippen LogP contribution is 2.16. The SMILES string of the molecule is COc1ccc(-n2cc(CN=C(N)Nc3cccc(OC)c3)nn2)cc1.I. The molecule has 3 aromatic rings. The molecule has 142 valence electrons. The van der Waals surface area contributed by atoms with Gasteiger partial charge < -0.3 is 20.5 Å². The summed E-state index contributed by atoms with van der Waals surface area (Å²) in [5.41, 5.74) is 8.31. The number of hydrogen-bond donors (Lipinski definition) is 2. The van der Waals surface area contributed by atoms with E-state index in [9.17, 15) is 0 Å². The van der Waals surface area contributed by atoms with Gasteiger partial charge in [0.15, 0.2) is 5.96 Å². The van der Waals surface area contributed by atoms with Crippen molar-refractivity contribution in [1.29, 1.82) is 0 Å². The fourth-order valence-corrected chi connectivity index (χ4v) is 2.29. The number of aliphatic imine (C=N–C) groups is 1. The number of nitrogens with one attached hydrogen (secondary N) is 1. The van der Waals surface area contributed by atoms with Gasteiger partial charge in [0.25, 0.3) is 0 Å². The van der Waals surface area contributed by atoms with E-state index in [1.165, 1.54) is 0 Å². The molecule has 0 atom stereocenters. The van der Waals surface area contributed by atoms with Gasteiger partial charge in [-0.2, -0.15) is 0 Å². The summed E-state index contributed by atoms with van der Waals surface area (Å²) < 4.78 is 12.0. The third-order valence-electron chi connectivity index (χ3n) is 3.63. The van der Waals surface area contributed by atoms with E-state index in [1.807, 2.05) is 54.7 Å². The molecule has 0 amide bonds. The Bertz CT molecular complexity index is 895. The lowest BCUT2D eigenvalue weighted by Crippen LogP contribution is -2.22. The molecule has 1 heterocycles. The average Bonchev–Trinajstić information content (AvgIpc) is 3.15. The van der Waals surface area contributed by atoms with Crippen molar-refractivity contribution < 1.29 is 9.47 Å². The standard InChI is InChI=1S/C18H20N6O2.HI/c1-25-16-8-6-15(7-9-16)24-12-14(22-23-24)11-20-18(19)21-13-4-3-5-17(10-13)26-2;/h3-10,12H,11H2,1-2H3,(H3,19,20,21);1H. The summed E-state index contributed by atoms with van der Waals surface area (Å²) in [6.45, 7) is 0.318. The molecule has 0 aliphatic rings. The van der Waals surface area contributed by atoms with Crippen LogP contribution in [0.3, 0.4) is 0 Å². The topological polar surface area (TPSA) is 99.6 Å². The second-order valence-corrected chi connectivity index (χ2v) is 5.41. The van der Waals surface area contributed by atoms with Crippen molar-refractivity contribution in [3.63, 3.8) is 0 Å². The van der Waals surface area contributed by atoms with Crippen LogP contribution in [0.4, 0.5) is 5.69 Å². The van der Waals surface area contributed by atoms with Crippen LogP contribution in [-0.2, 0) is 6.54 Å². The number of ether oxygens (including phenoxy) is 2. The van der Waals surface area contributed by atoms with Crippen LogP contribution in [0.5, 0.6) is 11.5 Å². The van der Waals surface area contributed by atoms with Crippen LogP contribution >= 0.6 is 24.0 Å². The molecular weight excluding hydrogens is 459 g/mol. The predicted molar refractivity (Wildman–Crippen MR) is 115 cm³/mol. The summed E-state index contributed by atoms with van der Waals surface area (Å²) in [7, 11) is 3.24. The predicted octanol–water partition coefficient (Wildman–Crippen LogP) is 2.83. The molecule has 0 aliphatic heterocycles. The van der Waals surface area contributed by atoms with Gasteiger partial charge in [-0.3, -0.25) is 0 Å². The van der Waals surface area contributed by atoms with Crippen molar-refractivity contribution in [3.8, 4) is 17.2 Å². The Hall–Kier alpha value is -2.82. The van der Waals surface area contributed by atoms with Crippen molar-refractivity contribution >= 4 is 35.6 Å². The molecule has 0 spiro atoms. The summed E-state index contributed by atoms with van der Waals surface area (Å²) in [5, 5.41) is 11.2. The number of nitrogens with zero attached hydrogens (tertiary/aromatic N) is 4. The minimum Gasteiger partial charge on any atom is -0.497 e. The Morgan fingerprint density at radius 2 is 1.85 bits per heavy atom. The quantitative estimate of drug-likeness (QED) is 0.320. The normalized spacial score (nSPS) is 10.8. The third kappa shape index (κ3) is 5.58. The Morgan fingerprint density at radius 3 is 2.56 bits per heavy atom. The fourth-order valence-electron chi connectivity index (χ4n) is 2.29. The first-order valence-electron chi connectivity index (χ1n) is 7.94. The lowest BCUT2D eigenvalue weighted by Gasteiger charge is -2.06. The van der Waals surface area contributed by atoms with E-state index in [4.69, 9.17) is 15.2 Å². The number of benzene rings is 2. The lowest BCUT2D eigenvalue weighted by atomic mass is 10.3. The highest BCUT2D eigenvalue weighted by molar-refractivity contribution is 14.0. The van der Waals surface area contributed by atoms with Gasteiger partial charge in [0, 0.05) is 11.8 Å². The van der Waals surface area contributed by atoms with Gasteiger partial charge in [-0.25, -0.2) is 9.67 Å². The second kappa shape index (κ2) is 9.76. The van der Waals surface area contributed by atoms with E-state index in [-0.39, 0.29) is 29.9 Å². The van der Waals surface area contributed by atoms with Crippen LogP contribution in [-0.4, -0.2) is 35.2 Å². The van der Waals surface area contributed by atoms with Crippen molar-refractivity contribution in [2.45, 2.75) is 6.54 Å². The van der Waals surface area contributed by atoms with E-state index < -0.39 is 0 Å². The smallest absolute Gasteiger partial charge is 0.193 e. The number of hydrogen-bond acceptors (Lipinski definition) is 5. The van der Waals surface area contributed by atoms with Crippen LogP contribution in [0.15, 0.2) is 59.7 Å². The number of guanidine groups is 1. The Morgan fingerprint density at radius 1 is 1.11 bits per heavy atom. The summed E-state index contributed by atoms with van der Waals surface area (Å²) in [4.78, 5) is 4.29. The van der Waals surface area contributed by atoms with E-state index in [2.05, 4.69) is 20.6 Å². The first-order chi connectivity index (χ1) is 12.7. The van der Waals surface area contributed by atoms with Gasteiger partial charge >= 0.3 is 0 Å². The maximum atomic E-state index is 5.92. The molecule has 8 nitrogen and oxygen atoms in total. The molecule has 0 fully saturated rings. The minimum atomic E-state index is 0. The third-order valence-corrected chi connectivity index (χ3v) is 3.63. The van der Waals surface area contributed by atoms with Crippen molar-refractivity contribution in [2.75, 3.05) is 19.5 Å². The number of halogens is 1. The van der Waals surface area contributed by atoms with Gasteiger partial charge in [-0.15, -0.1) is 29.1 Å². The molecule has 0 bridgehead atoms. The maximum Gasteiger partial charge on any atom is 0.193 e. The summed E-state index contributed by atoms with van der Waals surface area (Å²) in [6.07, 6.45) is 1.81. The molecule has 9 heteroatoms. The maximum absolute atomic E-state index is 5.92. The van der Waals surface area contributed by atoms with Crippen LogP contribution < -0.4 is 20.5 Å².